The minimum Gasteiger partial charge on any atom is -0.360 e. The molecule has 4 rings (SSSR count). The summed E-state index contributed by atoms with van der Waals surface area (Å²) in [5.41, 5.74) is 5.81. The zero-order valence-corrected chi connectivity index (χ0v) is 10.9. The van der Waals surface area contributed by atoms with Crippen LogP contribution in [-0.2, 0) is 0 Å². The Hall–Kier alpha value is -2.16. The molecule has 0 bridgehead atoms. The first-order chi connectivity index (χ1) is 9.31. The normalized spacial score (nSPS) is 15.0. The average Bonchev–Trinajstić information content (AvgIpc) is 3.20. The average molecular weight is 249 g/mol. The van der Waals surface area contributed by atoms with E-state index in [-0.39, 0.29) is 0 Å². The molecule has 0 aliphatic heterocycles. The number of aromatic nitrogens is 3. The van der Waals surface area contributed by atoms with Gasteiger partial charge in [-0.2, -0.15) is 0 Å². The molecule has 1 saturated carbocycles. The van der Waals surface area contributed by atoms with Gasteiger partial charge in [-0.05, 0) is 38.0 Å². The summed E-state index contributed by atoms with van der Waals surface area (Å²) in [5, 5.41) is 1.24. The SMILES string of the molecule is Cc1ccc2[nH]cc(-c3cc(C4CC4)ncn3)c2c1. The first-order valence-corrected chi connectivity index (χ1v) is 6.71. The third-order valence-corrected chi connectivity index (χ3v) is 3.80. The molecule has 94 valence electrons. The lowest BCUT2D eigenvalue weighted by Crippen LogP contribution is -1.90. The molecule has 19 heavy (non-hydrogen) atoms. The van der Waals surface area contributed by atoms with Crippen LogP contribution in [0.4, 0.5) is 0 Å². The molecule has 3 nitrogen and oxygen atoms in total. The molecule has 3 aromatic rings. The molecular weight excluding hydrogens is 234 g/mol. The van der Waals surface area contributed by atoms with Crippen LogP contribution in [0.5, 0.6) is 0 Å². The number of benzene rings is 1. The number of hydrogen-bond acceptors (Lipinski definition) is 2. The van der Waals surface area contributed by atoms with Crippen molar-refractivity contribution in [3.8, 4) is 11.3 Å². The monoisotopic (exact) mass is 249 g/mol. The molecule has 2 aromatic heterocycles. The van der Waals surface area contributed by atoms with Crippen LogP contribution in [0, 0.1) is 6.92 Å². The lowest BCUT2D eigenvalue weighted by molar-refractivity contribution is 0.990. The zero-order chi connectivity index (χ0) is 12.8. The largest absolute Gasteiger partial charge is 0.360 e. The van der Waals surface area contributed by atoms with Crippen LogP contribution >= 0.6 is 0 Å². The number of nitrogens with zero attached hydrogens (tertiary/aromatic N) is 2. The van der Waals surface area contributed by atoms with Crippen LogP contribution in [0.15, 0.2) is 36.8 Å². The molecule has 0 amide bonds. The van der Waals surface area contributed by atoms with E-state index in [1.165, 1.54) is 35.0 Å². The highest BCUT2D eigenvalue weighted by Crippen LogP contribution is 2.40. The third kappa shape index (κ3) is 1.82. The Morgan fingerprint density at radius 3 is 2.89 bits per heavy atom. The van der Waals surface area contributed by atoms with E-state index >= 15 is 0 Å². The molecule has 2 heterocycles. The van der Waals surface area contributed by atoms with Crippen LogP contribution in [0.3, 0.4) is 0 Å². The van der Waals surface area contributed by atoms with Gasteiger partial charge in [0.05, 0.1) is 5.69 Å². The van der Waals surface area contributed by atoms with Crippen LogP contribution < -0.4 is 0 Å². The number of H-pyrrole nitrogens is 1. The molecule has 0 spiro atoms. The Morgan fingerprint density at radius 1 is 1.16 bits per heavy atom. The van der Waals surface area contributed by atoms with E-state index in [9.17, 15) is 0 Å². The quantitative estimate of drug-likeness (QED) is 0.750. The molecule has 1 aliphatic carbocycles. The number of rotatable bonds is 2. The predicted octanol–water partition coefficient (Wildman–Crippen LogP) is 3.81. The van der Waals surface area contributed by atoms with Crippen molar-refractivity contribution >= 4 is 10.9 Å². The maximum Gasteiger partial charge on any atom is 0.116 e. The summed E-state index contributed by atoms with van der Waals surface area (Å²) >= 11 is 0. The first kappa shape index (κ1) is 10.7. The van der Waals surface area contributed by atoms with E-state index in [0.29, 0.717) is 5.92 Å². The molecule has 1 N–H and O–H groups in total. The van der Waals surface area contributed by atoms with Crippen molar-refractivity contribution in [2.45, 2.75) is 25.7 Å². The van der Waals surface area contributed by atoms with Crippen LogP contribution in [0.25, 0.3) is 22.2 Å². The second-order valence-electron chi connectivity index (χ2n) is 5.35. The van der Waals surface area contributed by atoms with Gasteiger partial charge in [0.15, 0.2) is 0 Å². The second-order valence-corrected chi connectivity index (χ2v) is 5.35. The first-order valence-electron chi connectivity index (χ1n) is 6.71. The maximum absolute atomic E-state index is 4.44. The minimum absolute atomic E-state index is 0.661. The van der Waals surface area contributed by atoms with Crippen molar-refractivity contribution in [2.24, 2.45) is 0 Å². The summed E-state index contributed by atoms with van der Waals surface area (Å²) in [4.78, 5) is 12.1. The Morgan fingerprint density at radius 2 is 2.05 bits per heavy atom. The Balaban J connectivity index is 1.89. The van der Waals surface area contributed by atoms with Crippen LogP contribution in [0.2, 0.25) is 0 Å². The fraction of sp³-hybridized carbons (Fsp3) is 0.250. The molecule has 1 aliphatic rings. The number of hydrogen-bond donors (Lipinski definition) is 1. The Bertz CT molecular complexity index is 754. The van der Waals surface area contributed by atoms with E-state index in [2.05, 4.69) is 46.1 Å². The minimum atomic E-state index is 0.661. The van der Waals surface area contributed by atoms with Crippen molar-refractivity contribution in [2.75, 3.05) is 0 Å². The number of aromatic amines is 1. The van der Waals surface area contributed by atoms with Gasteiger partial charge in [-0.1, -0.05) is 11.6 Å². The third-order valence-electron chi connectivity index (χ3n) is 3.80. The summed E-state index contributed by atoms with van der Waals surface area (Å²) in [5.74, 6) is 0.661. The van der Waals surface area contributed by atoms with Gasteiger partial charge in [0, 0.05) is 34.3 Å². The van der Waals surface area contributed by atoms with Crippen molar-refractivity contribution in [3.63, 3.8) is 0 Å². The van der Waals surface area contributed by atoms with Crippen molar-refractivity contribution in [3.05, 3.63) is 48.0 Å². The summed E-state index contributed by atoms with van der Waals surface area (Å²) in [6.07, 6.45) is 6.27. The second kappa shape index (κ2) is 3.92. The molecule has 0 unspecified atom stereocenters. The van der Waals surface area contributed by atoms with Gasteiger partial charge in [0.25, 0.3) is 0 Å². The van der Waals surface area contributed by atoms with Gasteiger partial charge in [0.2, 0.25) is 0 Å². The van der Waals surface area contributed by atoms with Gasteiger partial charge in [-0.3, -0.25) is 0 Å². The van der Waals surface area contributed by atoms with E-state index < -0.39 is 0 Å². The van der Waals surface area contributed by atoms with Gasteiger partial charge < -0.3 is 4.98 Å². The van der Waals surface area contributed by atoms with Crippen LogP contribution in [-0.4, -0.2) is 15.0 Å². The number of fused-ring (bicyclic) bond motifs is 1. The van der Waals surface area contributed by atoms with Gasteiger partial charge in [-0.15, -0.1) is 0 Å². The smallest absolute Gasteiger partial charge is 0.116 e. The highest BCUT2D eigenvalue weighted by atomic mass is 14.9. The number of aryl methyl sites for hydroxylation is 1. The molecular formula is C16H15N3. The highest BCUT2D eigenvalue weighted by Gasteiger charge is 2.25. The van der Waals surface area contributed by atoms with Crippen molar-refractivity contribution in [1.29, 1.82) is 0 Å². The van der Waals surface area contributed by atoms with Gasteiger partial charge in [0.1, 0.15) is 6.33 Å². The summed E-state index contributed by atoms with van der Waals surface area (Å²) < 4.78 is 0. The van der Waals surface area contributed by atoms with Gasteiger partial charge in [-0.25, -0.2) is 9.97 Å². The lowest BCUT2D eigenvalue weighted by Gasteiger charge is -2.02. The molecule has 0 atom stereocenters. The highest BCUT2D eigenvalue weighted by molar-refractivity contribution is 5.94. The maximum atomic E-state index is 4.44. The van der Waals surface area contributed by atoms with Crippen molar-refractivity contribution in [1.82, 2.24) is 15.0 Å². The molecule has 0 radical (unpaired) electrons. The van der Waals surface area contributed by atoms with E-state index in [1.807, 2.05) is 6.20 Å². The predicted molar refractivity (Wildman–Crippen MR) is 76.0 cm³/mol. The Labute approximate surface area is 111 Å². The number of nitrogens with one attached hydrogen (secondary N) is 1. The molecule has 1 fully saturated rings. The fourth-order valence-corrected chi connectivity index (χ4v) is 2.57. The summed E-state index contributed by atoms with van der Waals surface area (Å²) in [7, 11) is 0. The van der Waals surface area contributed by atoms with Gasteiger partial charge >= 0.3 is 0 Å². The standard InChI is InChI=1S/C16H15N3/c1-10-2-5-14-12(6-10)13(8-17-14)16-7-15(11-3-4-11)18-9-19-16/h2,5-9,11,17H,3-4H2,1H3. The summed E-state index contributed by atoms with van der Waals surface area (Å²) in [6.45, 7) is 2.12. The van der Waals surface area contributed by atoms with Crippen molar-refractivity contribution < 1.29 is 0 Å². The molecule has 1 aromatic carbocycles. The van der Waals surface area contributed by atoms with Crippen LogP contribution in [0.1, 0.15) is 30.0 Å². The van der Waals surface area contributed by atoms with E-state index in [0.717, 1.165) is 11.2 Å². The molecule has 3 heteroatoms. The lowest BCUT2D eigenvalue weighted by atomic mass is 10.1. The van der Waals surface area contributed by atoms with E-state index in [4.69, 9.17) is 0 Å². The van der Waals surface area contributed by atoms with E-state index in [1.54, 1.807) is 6.33 Å². The Kier molecular flexibility index (Phi) is 2.21. The molecule has 0 saturated heterocycles. The fourth-order valence-electron chi connectivity index (χ4n) is 2.57. The zero-order valence-electron chi connectivity index (χ0n) is 10.9. The topological polar surface area (TPSA) is 41.6 Å². The summed E-state index contributed by atoms with van der Waals surface area (Å²) in [6, 6.07) is 8.60.